The molecule has 0 unspecified atom stereocenters. The average molecular weight is 390 g/mol. The number of nitrogens with one attached hydrogen (secondary N) is 1. The highest BCUT2D eigenvalue weighted by Gasteiger charge is 2.27. The van der Waals surface area contributed by atoms with Gasteiger partial charge in [-0.05, 0) is 43.4 Å². The molecule has 0 radical (unpaired) electrons. The molecule has 2 fully saturated rings. The van der Waals surface area contributed by atoms with Crippen LogP contribution in [0, 0.1) is 0 Å². The number of anilines is 1. The van der Waals surface area contributed by atoms with Crippen LogP contribution in [0.1, 0.15) is 50.5 Å². The van der Waals surface area contributed by atoms with Gasteiger partial charge in [0.2, 0.25) is 5.95 Å². The summed E-state index contributed by atoms with van der Waals surface area (Å²) >= 11 is 0. The predicted octanol–water partition coefficient (Wildman–Crippen LogP) is 4.69. The maximum atomic E-state index is 4.89. The Morgan fingerprint density at radius 2 is 1.69 bits per heavy atom. The molecule has 5 heteroatoms. The first-order chi connectivity index (χ1) is 14.4. The summed E-state index contributed by atoms with van der Waals surface area (Å²) in [6, 6.07) is 15.9. The minimum Gasteiger partial charge on any atom is -0.353 e. The summed E-state index contributed by atoms with van der Waals surface area (Å²) in [5.74, 6) is 0.957. The SMILES string of the molecule is c1ccc(Cn2c(NC3CCN(C4CCCCC4)CC3)nc3cccnc32)cc1. The maximum absolute atomic E-state index is 4.89. The van der Waals surface area contributed by atoms with E-state index in [2.05, 4.69) is 56.2 Å². The molecule has 5 nitrogen and oxygen atoms in total. The summed E-state index contributed by atoms with van der Waals surface area (Å²) in [6.07, 6.45) is 11.3. The van der Waals surface area contributed by atoms with Crippen molar-refractivity contribution in [1.82, 2.24) is 19.4 Å². The largest absolute Gasteiger partial charge is 0.353 e. The molecular formula is C24H31N5. The fourth-order valence-electron chi connectivity index (χ4n) is 5.02. The highest BCUT2D eigenvalue weighted by molar-refractivity contribution is 5.74. The van der Waals surface area contributed by atoms with Gasteiger partial charge in [0.1, 0.15) is 5.52 Å². The molecule has 1 saturated heterocycles. The lowest BCUT2D eigenvalue weighted by Gasteiger charge is -2.39. The van der Waals surface area contributed by atoms with Crippen LogP contribution in [0.5, 0.6) is 0 Å². The summed E-state index contributed by atoms with van der Waals surface area (Å²) in [4.78, 5) is 12.2. The molecule has 3 aromatic rings. The van der Waals surface area contributed by atoms with Gasteiger partial charge in [0.05, 0.1) is 6.54 Å². The van der Waals surface area contributed by atoms with E-state index in [-0.39, 0.29) is 0 Å². The Balaban J connectivity index is 1.31. The van der Waals surface area contributed by atoms with Crippen molar-refractivity contribution in [2.45, 2.75) is 63.6 Å². The topological polar surface area (TPSA) is 46.0 Å². The zero-order chi connectivity index (χ0) is 19.5. The lowest BCUT2D eigenvalue weighted by molar-refractivity contribution is 0.126. The molecular weight excluding hydrogens is 358 g/mol. The van der Waals surface area contributed by atoms with E-state index in [0.29, 0.717) is 6.04 Å². The van der Waals surface area contributed by atoms with E-state index in [9.17, 15) is 0 Å². The van der Waals surface area contributed by atoms with Gasteiger partial charge >= 0.3 is 0 Å². The second-order valence-corrected chi connectivity index (χ2v) is 8.60. The Bertz CT molecular complexity index is 921. The molecule has 2 aromatic heterocycles. The predicted molar refractivity (Wildman–Crippen MR) is 118 cm³/mol. The Kier molecular flexibility index (Phi) is 5.48. The molecule has 1 aliphatic carbocycles. The zero-order valence-corrected chi connectivity index (χ0v) is 17.1. The third-order valence-electron chi connectivity index (χ3n) is 6.64. The molecule has 1 saturated carbocycles. The second-order valence-electron chi connectivity index (χ2n) is 8.60. The number of fused-ring (bicyclic) bond motifs is 1. The second kappa shape index (κ2) is 8.54. The maximum Gasteiger partial charge on any atom is 0.205 e. The Labute approximate surface area is 173 Å². The molecule has 0 bridgehead atoms. The van der Waals surface area contributed by atoms with Crippen molar-refractivity contribution in [3.63, 3.8) is 0 Å². The van der Waals surface area contributed by atoms with Crippen molar-refractivity contribution in [2.24, 2.45) is 0 Å². The van der Waals surface area contributed by atoms with Gasteiger partial charge in [0, 0.05) is 31.4 Å². The molecule has 152 valence electrons. The first-order valence-corrected chi connectivity index (χ1v) is 11.2. The van der Waals surface area contributed by atoms with Gasteiger partial charge in [-0.2, -0.15) is 0 Å². The molecule has 2 aliphatic rings. The molecule has 0 amide bonds. The van der Waals surface area contributed by atoms with Crippen molar-refractivity contribution in [3.05, 3.63) is 54.2 Å². The number of imidazole rings is 1. The summed E-state index contributed by atoms with van der Waals surface area (Å²) < 4.78 is 2.23. The third-order valence-corrected chi connectivity index (χ3v) is 6.64. The van der Waals surface area contributed by atoms with Gasteiger partial charge in [-0.25, -0.2) is 9.97 Å². The molecule has 1 aliphatic heterocycles. The van der Waals surface area contributed by atoms with E-state index in [1.165, 1.54) is 63.6 Å². The van der Waals surface area contributed by atoms with E-state index in [1.54, 1.807) is 0 Å². The number of aromatic nitrogens is 3. The Hall–Kier alpha value is -2.40. The van der Waals surface area contributed by atoms with Crippen molar-refractivity contribution < 1.29 is 0 Å². The summed E-state index contributed by atoms with van der Waals surface area (Å²) in [6.45, 7) is 3.20. The number of piperidine rings is 1. The van der Waals surface area contributed by atoms with Crippen LogP contribution in [-0.2, 0) is 6.54 Å². The minimum absolute atomic E-state index is 0.487. The standard InChI is InChI=1S/C24H31N5/c1-3-8-19(9-4-1)18-29-23-22(12-7-15-25-23)27-24(29)26-20-13-16-28(17-14-20)21-10-5-2-6-11-21/h1,3-4,7-9,12,15,20-21H,2,5-6,10-11,13-14,16-18H2,(H,26,27). The van der Waals surface area contributed by atoms with Crippen LogP contribution < -0.4 is 5.32 Å². The number of rotatable bonds is 5. The van der Waals surface area contributed by atoms with Gasteiger partial charge in [-0.1, -0.05) is 49.6 Å². The van der Waals surface area contributed by atoms with Crippen molar-refractivity contribution in [1.29, 1.82) is 0 Å². The molecule has 1 N–H and O–H groups in total. The summed E-state index contributed by atoms with van der Waals surface area (Å²) in [5.41, 5.74) is 3.19. The van der Waals surface area contributed by atoms with Crippen LogP contribution in [-0.4, -0.2) is 44.6 Å². The van der Waals surface area contributed by atoms with Gasteiger partial charge < -0.3 is 10.2 Å². The lowest BCUT2D eigenvalue weighted by atomic mass is 9.92. The van der Waals surface area contributed by atoms with Crippen LogP contribution in [0.2, 0.25) is 0 Å². The van der Waals surface area contributed by atoms with Gasteiger partial charge in [0.25, 0.3) is 0 Å². The fourth-order valence-corrected chi connectivity index (χ4v) is 5.02. The number of likely N-dealkylation sites (tertiary alicyclic amines) is 1. The van der Waals surface area contributed by atoms with Crippen molar-refractivity contribution in [3.8, 4) is 0 Å². The zero-order valence-electron chi connectivity index (χ0n) is 17.1. The Morgan fingerprint density at radius 3 is 2.48 bits per heavy atom. The minimum atomic E-state index is 0.487. The number of hydrogen-bond acceptors (Lipinski definition) is 4. The number of pyridine rings is 1. The molecule has 29 heavy (non-hydrogen) atoms. The fraction of sp³-hybridized carbons (Fsp3) is 0.500. The Morgan fingerprint density at radius 1 is 0.897 bits per heavy atom. The molecule has 0 atom stereocenters. The lowest BCUT2D eigenvalue weighted by Crippen LogP contribution is -2.45. The molecule has 3 heterocycles. The first kappa shape index (κ1) is 18.6. The normalized spacial score (nSPS) is 19.6. The summed E-state index contributed by atoms with van der Waals surface area (Å²) in [5, 5.41) is 3.77. The van der Waals surface area contributed by atoms with E-state index in [0.717, 1.165) is 29.7 Å². The van der Waals surface area contributed by atoms with Gasteiger partial charge in [-0.3, -0.25) is 4.57 Å². The highest BCUT2D eigenvalue weighted by atomic mass is 15.3. The van der Waals surface area contributed by atoms with Crippen molar-refractivity contribution >= 4 is 17.1 Å². The quantitative estimate of drug-likeness (QED) is 0.688. The van der Waals surface area contributed by atoms with Gasteiger partial charge in [0.15, 0.2) is 5.65 Å². The van der Waals surface area contributed by atoms with E-state index in [1.807, 2.05) is 12.3 Å². The number of nitrogens with zero attached hydrogens (tertiary/aromatic N) is 4. The van der Waals surface area contributed by atoms with Crippen LogP contribution in [0.3, 0.4) is 0 Å². The van der Waals surface area contributed by atoms with E-state index < -0.39 is 0 Å². The first-order valence-electron chi connectivity index (χ1n) is 11.2. The molecule has 5 rings (SSSR count). The highest BCUT2D eigenvalue weighted by Crippen LogP contribution is 2.27. The average Bonchev–Trinajstić information content (AvgIpc) is 3.12. The van der Waals surface area contributed by atoms with Crippen molar-refractivity contribution in [2.75, 3.05) is 18.4 Å². The summed E-state index contributed by atoms with van der Waals surface area (Å²) in [7, 11) is 0. The van der Waals surface area contributed by atoms with E-state index >= 15 is 0 Å². The number of hydrogen-bond donors (Lipinski definition) is 1. The van der Waals surface area contributed by atoms with Gasteiger partial charge in [-0.15, -0.1) is 0 Å². The monoisotopic (exact) mass is 389 g/mol. The number of benzene rings is 1. The molecule has 1 aromatic carbocycles. The van der Waals surface area contributed by atoms with Crippen LogP contribution in [0.15, 0.2) is 48.7 Å². The van der Waals surface area contributed by atoms with E-state index in [4.69, 9.17) is 4.98 Å². The van der Waals surface area contributed by atoms with Crippen LogP contribution in [0.4, 0.5) is 5.95 Å². The van der Waals surface area contributed by atoms with Crippen LogP contribution >= 0.6 is 0 Å². The van der Waals surface area contributed by atoms with Crippen LogP contribution in [0.25, 0.3) is 11.2 Å². The molecule has 0 spiro atoms. The smallest absolute Gasteiger partial charge is 0.205 e. The third kappa shape index (κ3) is 4.15.